The fourth-order valence-electron chi connectivity index (χ4n) is 6.44. The van der Waals surface area contributed by atoms with E-state index in [0.717, 1.165) is 66.1 Å². The van der Waals surface area contributed by atoms with Crippen LogP contribution in [0, 0.1) is 0 Å². The highest BCUT2D eigenvalue weighted by Crippen LogP contribution is 2.37. The van der Waals surface area contributed by atoms with Gasteiger partial charge in [0.2, 0.25) is 0 Å². The highest BCUT2D eigenvalue weighted by atomic mass is 16.5. The minimum atomic E-state index is -0.940. The maximum absolute atomic E-state index is 12.3. The van der Waals surface area contributed by atoms with E-state index in [-0.39, 0.29) is 17.5 Å². The minimum absolute atomic E-state index is 0.00521. The molecule has 0 bridgehead atoms. The fourth-order valence-corrected chi connectivity index (χ4v) is 6.44. The van der Waals surface area contributed by atoms with Crippen LogP contribution in [0.25, 0.3) is 22.4 Å². The SMILES string of the molecule is CN(C)C(=O)c1ccc(N2CCC[C@@H]2COc2ccc(-c3nc4cc(C(=O)O)ccc4n3C3CCCCC3)cc2)cc1. The van der Waals surface area contributed by atoms with E-state index in [1.807, 2.05) is 42.5 Å². The van der Waals surface area contributed by atoms with Crippen LogP contribution in [0.3, 0.4) is 0 Å². The lowest BCUT2D eigenvalue weighted by Crippen LogP contribution is -2.34. The first-order chi connectivity index (χ1) is 20.4. The predicted molar refractivity (Wildman–Crippen MR) is 165 cm³/mol. The standard InChI is InChI=1S/C34H38N4O4/c1-36(2)33(39)24-10-15-26(16-11-24)37-20-6-9-28(37)22-42-29-17-12-23(13-18-29)32-35-30-21-25(34(40)41)14-19-31(30)38(32)27-7-4-3-5-8-27/h10-19,21,27-28H,3-9,20,22H2,1-2H3,(H,40,41)/t28-/m1/s1. The zero-order valence-corrected chi connectivity index (χ0v) is 24.3. The number of rotatable bonds is 8. The fraction of sp³-hybridized carbons (Fsp3) is 0.382. The van der Waals surface area contributed by atoms with Gasteiger partial charge in [0.15, 0.2) is 0 Å². The van der Waals surface area contributed by atoms with E-state index in [9.17, 15) is 14.7 Å². The summed E-state index contributed by atoms with van der Waals surface area (Å²) in [5, 5.41) is 9.51. The number of hydrogen-bond donors (Lipinski definition) is 1. The van der Waals surface area contributed by atoms with Gasteiger partial charge in [-0.25, -0.2) is 9.78 Å². The number of imidazole rings is 1. The van der Waals surface area contributed by atoms with Gasteiger partial charge in [0.25, 0.3) is 5.91 Å². The lowest BCUT2D eigenvalue weighted by molar-refractivity contribution is 0.0696. The molecular weight excluding hydrogens is 528 g/mol. The van der Waals surface area contributed by atoms with Crippen LogP contribution in [-0.2, 0) is 0 Å². The summed E-state index contributed by atoms with van der Waals surface area (Å²) < 4.78 is 8.60. The number of amides is 1. The summed E-state index contributed by atoms with van der Waals surface area (Å²) in [5.74, 6) is 0.755. The molecule has 218 valence electrons. The van der Waals surface area contributed by atoms with Gasteiger partial charge in [0.05, 0.1) is 22.6 Å². The van der Waals surface area contributed by atoms with Crippen molar-refractivity contribution in [2.24, 2.45) is 0 Å². The van der Waals surface area contributed by atoms with Gasteiger partial charge in [-0.15, -0.1) is 0 Å². The molecule has 1 aromatic heterocycles. The van der Waals surface area contributed by atoms with Gasteiger partial charge in [-0.2, -0.15) is 0 Å². The Morgan fingerprint density at radius 1 is 0.905 bits per heavy atom. The number of carbonyl (C=O) groups is 2. The smallest absolute Gasteiger partial charge is 0.335 e. The van der Waals surface area contributed by atoms with Gasteiger partial charge >= 0.3 is 5.97 Å². The van der Waals surface area contributed by atoms with Crippen LogP contribution < -0.4 is 9.64 Å². The Hall–Kier alpha value is -4.33. The van der Waals surface area contributed by atoms with Gasteiger partial charge in [-0.05, 0) is 92.4 Å². The van der Waals surface area contributed by atoms with Crippen molar-refractivity contribution in [1.82, 2.24) is 14.5 Å². The zero-order chi connectivity index (χ0) is 29.2. The highest BCUT2D eigenvalue weighted by Gasteiger charge is 2.26. The average molecular weight is 567 g/mol. The molecule has 2 aliphatic rings. The molecule has 1 aliphatic heterocycles. The van der Waals surface area contributed by atoms with Gasteiger partial charge in [0.1, 0.15) is 18.2 Å². The third-order valence-electron chi connectivity index (χ3n) is 8.66. The number of carboxylic acids is 1. The molecule has 0 unspecified atom stereocenters. The van der Waals surface area contributed by atoms with Crippen molar-refractivity contribution in [3.05, 3.63) is 77.9 Å². The normalized spacial score (nSPS) is 17.5. The Labute approximate surface area is 246 Å². The van der Waals surface area contributed by atoms with Crippen LogP contribution in [0.4, 0.5) is 5.69 Å². The van der Waals surface area contributed by atoms with Crippen LogP contribution in [0.1, 0.15) is 71.7 Å². The van der Waals surface area contributed by atoms with Crippen LogP contribution in [0.5, 0.6) is 5.75 Å². The third-order valence-corrected chi connectivity index (χ3v) is 8.66. The second-order valence-corrected chi connectivity index (χ2v) is 11.7. The topological polar surface area (TPSA) is 87.9 Å². The summed E-state index contributed by atoms with van der Waals surface area (Å²) in [7, 11) is 3.53. The molecule has 3 aromatic carbocycles. The van der Waals surface area contributed by atoms with Crippen LogP contribution in [-0.4, -0.2) is 64.7 Å². The van der Waals surface area contributed by atoms with Gasteiger partial charge in [0, 0.05) is 43.5 Å². The molecule has 0 spiro atoms. The van der Waals surface area contributed by atoms with Crippen molar-refractivity contribution in [1.29, 1.82) is 0 Å². The molecule has 4 aromatic rings. The van der Waals surface area contributed by atoms with E-state index < -0.39 is 5.97 Å². The number of ether oxygens (including phenoxy) is 1. The van der Waals surface area contributed by atoms with E-state index in [4.69, 9.17) is 9.72 Å². The predicted octanol–water partition coefficient (Wildman–Crippen LogP) is 6.66. The lowest BCUT2D eigenvalue weighted by atomic mass is 9.95. The molecule has 2 fully saturated rings. The first kappa shape index (κ1) is 27.8. The Bertz CT molecular complexity index is 1570. The molecule has 1 saturated carbocycles. The summed E-state index contributed by atoms with van der Waals surface area (Å²) >= 11 is 0. The monoisotopic (exact) mass is 566 g/mol. The Morgan fingerprint density at radius 3 is 2.31 bits per heavy atom. The van der Waals surface area contributed by atoms with Gasteiger partial charge < -0.3 is 24.2 Å². The third kappa shape index (κ3) is 5.58. The molecule has 1 aliphatic carbocycles. The summed E-state index contributed by atoms with van der Waals surface area (Å²) in [5.41, 5.74) is 4.76. The number of aromatic carboxylic acids is 1. The molecule has 0 radical (unpaired) electrons. The number of carbonyl (C=O) groups excluding carboxylic acids is 1. The Morgan fingerprint density at radius 2 is 1.62 bits per heavy atom. The molecule has 8 nitrogen and oxygen atoms in total. The largest absolute Gasteiger partial charge is 0.491 e. The van der Waals surface area contributed by atoms with Crippen LogP contribution in [0.2, 0.25) is 0 Å². The second-order valence-electron chi connectivity index (χ2n) is 11.7. The van der Waals surface area contributed by atoms with Crippen molar-refractivity contribution < 1.29 is 19.4 Å². The molecule has 42 heavy (non-hydrogen) atoms. The summed E-state index contributed by atoms with van der Waals surface area (Å²) in [6, 6.07) is 21.9. The quantitative estimate of drug-likeness (QED) is 0.257. The van der Waals surface area contributed by atoms with Gasteiger partial charge in [-0.3, -0.25) is 4.79 Å². The number of fused-ring (bicyclic) bond motifs is 1. The van der Waals surface area contributed by atoms with Crippen molar-refractivity contribution in [3.8, 4) is 17.1 Å². The summed E-state index contributed by atoms with van der Waals surface area (Å²) in [4.78, 5) is 32.8. The zero-order valence-electron chi connectivity index (χ0n) is 24.3. The van der Waals surface area contributed by atoms with E-state index in [0.29, 0.717) is 18.2 Å². The number of carboxylic acid groups (broad SMARTS) is 1. The first-order valence-corrected chi connectivity index (χ1v) is 15.0. The Kier molecular flexibility index (Phi) is 7.87. The summed E-state index contributed by atoms with van der Waals surface area (Å²) in [6.07, 6.45) is 8.01. The van der Waals surface area contributed by atoms with Crippen molar-refractivity contribution >= 4 is 28.6 Å². The van der Waals surface area contributed by atoms with Crippen molar-refractivity contribution in [2.75, 3.05) is 32.1 Å². The van der Waals surface area contributed by atoms with E-state index in [2.05, 4.69) is 21.6 Å². The molecule has 1 atom stereocenters. The molecule has 8 heteroatoms. The molecule has 6 rings (SSSR count). The lowest BCUT2D eigenvalue weighted by Gasteiger charge is -2.27. The van der Waals surface area contributed by atoms with E-state index >= 15 is 0 Å². The van der Waals surface area contributed by atoms with Gasteiger partial charge in [-0.1, -0.05) is 19.3 Å². The van der Waals surface area contributed by atoms with Crippen LogP contribution >= 0.6 is 0 Å². The maximum atomic E-state index is 12.3. The molecule has 1 amide bonds. The highest BCUT2D eigenvalue weighted by molar-refractivity contribution is 5.94. The van der Waals surface area contributed by atoms with E-state index in [1.165, 1.54) is 19.3 Å². The number of hydrogen-bond acceptors (Lipinski definition) is 5. The first-order valence-electron chi connectivity index (χ1n) is 15.0. The van der Waals surface area contributed by atoms with Crippen molar-refractivity contribution in [3.63, 3.8) is 0 Å². The number of nitrogens with zero attached hydrogens (tertiary/aromatic N) is 4. The Balaban J connectivity index is 1.18. The average Bonchev–Trinajstić information content (AvgIpc) is 3.65. The molecule has 1 saturated heterocycles. The molecular formula is C34H38N4O4. The second kappa shape index (κ2) is 11.9. The number of aromatic nitrogens is 2. The summed E-state index contributed by atoms with van der Waals surface area (Å²) in [6.45, 7) is 1.55. The number of benzene rings is 3. The molecule has 1 N–H and O–H groups in total. The minimum Gasteiger partial charge on any atom is -0.491 e. The number of anilines is 1. The molecule has 2 heterocycles. The van der Waals surface area contributed by atoms with E-state index in [1.54, 1.807) is 31.1 Å². The van der Waals surface area contributed by atoms with Crippen molar-refractivity contribution in [2.45, 2.75) is 57.0 Å². The maximum Gasteiger partial charge on any atom is 0.335 e. The van der Waals surface area contributed by atoms with Crippen LogP contribution in [0.15, 0.2) is 66.7 Å².